The second kappa shape index (κ2) is 9.48. The lowest BCUT2D eigenvalue weighted by Crippen LogP contribution is -2.47. The Balaban J connectivity index is 0.000000465. The molecule has 0 saturated carbocycles. The highest BCUT2D eigenvalue weighted by Crippen LogP contribution is 2.25. The number of nitrogens with zero attached hydrogens (tertiary/aromatic N) is 4. The summed E-state index contributed by atoms with van der Waals surface area (Å²) >= 11 is 0. The number of rotatable bonds is 5. The fraction of sp³-hybridized carbons (Fsp3) is 0.467. The number of benzene rings is 1. The van der Waals surface area contributed by atoms with Crippen molar-refractivity contribution in [3.05, 3.63) is 47.4 Å². The van der Waals surface area contributed by atoms with Crippen LogP contribution in [0, 0.1) is 5.82 Å². The molecule has 2 heterocycles. The van der Waals surface area contributed by atoms with Crippen molar-refractivity contribution in [2.24, 2.45) is 10.3 Å². The highest BCUT2D eigenvalue weighted by Gasteiger charge is 2.30. The van der Waals surface area contributed by atoms with E-state index >= 15 is 0 Å². The van der Waals surface area contributed by atoms with Crippen LogP contribution in [0.25, 0.3) is 0 Å². The van der Waals surface area contributed by atoms with Crippen LogP contribution < -0.4 is 5.32 Å². The third kappa shape index (κ3) is 7.00. The molecule has 10 nitrogen and oxygen atoms in total. The Kier molecular flexibility index (Phi) is 7.33. The fourth-order valence-corrected chi connectivity index (χ4v) is 2.29. The predicted molar refractivity (Wildman–Crippen MR) is 93.8 cm³/mol. The van der Waals surface area contributed by atoms with Crippen LogP contribution in [-0.2, 0) is 26.0 Å². The van der Waals surface area contributed by atoms with E-state index in [-0.39, 0.29) is 5.82 Å². The number of ether oxygens (including phenoxy) is 2. The van der Waals surface area contributed by atoms with Crippen LogP contribution in [0.1, 0.15) is 5.56 Å². The van der Waals surface area contributed by atoms with Gasteiger partial charge in [-0.15, -0.1) is 0 Å². The molecule has 0 aromatic heterocycles. The first-order valence-corrected chi connectivity index (χ1v) is 9.91. The zero-order valence-corrected chi connectivity index (χ0v) is 15.8. The summed E-state index contributed by atoms with van der Waals surface area (Å²) in [6.45, 7) is 2.00. The number of hydrogen-bond acceptors (Lipinski definition) is 9. The van der Waals surface area contributed by atoms with E-state index in [0.29, 0.717) is 50.9 Å². The van der Waals surface area contributed by atoms with E-state index in [1.54, 1.807) is 11.2 Å². The fourth-order valence-electron chi connectivity index (χ4n) is 2.29. The lowest BCUT2D eigenvalue weighted by molar-refractivity contribution is -0.104. The van der Waals surface area contributed by atoms with Gasteiger partial charge in [-0.3, -0.25) is 4.55 Å². The van der Waals surface area contributed by atoms with Crippen molar-refractivity contribution in [3.8, 4) is 0 Å². The summed E-state index contributed by atoms with van der Waals surface area (Å²) in [6, 6.07) is 6.54. The molecular weight excluding hydrogens is 381 g/mol. The Morgan fingerprint density at radius 3 is 2.70 bits per heavy atom. The summed E-state index contributed by atoms with van der Waals surface area (Å²) in [5.74, 6) is 0.706. The molecule has 1 aromatic rings. The van der Waals surface area contributed by atoms with Crippen molar-refractivity contribution in [3.63, 3.8) is 0 Å². The van der Waals surface area contributed by atoms with E-state index in [2.05, 4.69) is 15.7 Å². The quantitative estimate of drug-likeness (QED) is 0.703. The minimum atomic E-state index is -3.67. The number of nitrogens with one attached hydrogen (secondary N) is 1. The Morgan fingerprint density at radius 2 is 2.04 bits per heavy atom. The smallest absolute Gasteiger partial charge is 0.298 e. The van der Waals surface area contributed by atoms with E-state index in [4.69, 9.17) is 14.0 Å². The van der Waals surface area contributed by atoms with Crippen molar-refractivity contribution < 1.29 is 26.8 Å². The second-order valence-corrected chi connectivity index (χ2v) is 7.08. The zero-order chi connectivity index (χ0) is 19.9. The van der Waals surface area contributed by atoms with Gasteiger partial charge in [0.1, 0.15) is 19.0 Å². The van der Waals surface area contributed by atoms with Crippen molar-refractivity contribution >= 4 is 10.1 Å². The Hall–Kier alpha value is -2.44. The van der Waals surface area contributed by atoms with Crippen LogP contribution in [0.5, 0.6) is 0 Å². The van der Waals surface area contributed by atoms with Crippen LogP contribution in [0.2, 0.25) is 0 Å². The van der Waals surface area contributed by atoms with E-state index in [0.717, 1.165) is 5.56 Å². The molecule has 2 aliphatic rings. The van der Waals surface area contributed by atoms with Crippen molar-refractivity contribution in [1.82, 2.24) is 15.4 Å². The van der Waals surface area contributed by atoms with Gasteiger partial charge in [-0.05, 0) is 36.4 Å². The van der Waals surface area contributed by atoms with Crippen molar-refractivity contribution in [2.45, 2.75) is 6.42 Å². The molecule has 0 bridgehead atoms. The molecule has 1 aromatic carbocycles. The first-order chi connectivity index (χ1) is 12.8. The maximum atomic E-state index is 13.2. The summed E-state index contributed by atoms with van der Waals surface area (Å²) in [4.78, 5) is 0. The molecule has 150 valence electrons. The number of hydrazine groups is 1. The van der Waals surface area contributed by atoms with Gasteiger partial charge in [-0.1, -0.05) is 17.2 Å². The predicted octanol–water partition coefficient (Wildman–Crippen LogP) is 1.12. The largest absolute Gasteiger partial charge is 0.470 e. The molecule has 0 fully saturated rings. The maximum Gasteiger partial charge on any atom is 0.298 e. The van der Waals surface area contributed by atoms with E-state index in [1.165, 1.54) is 12.1 Å². The van der Waals surface area contributed by atoms with Gasteiger partial charge in [-0.2, -0.15) is 13.5 Å². The molecule has 0 unspecified atom stereocenters. The maximum absolute atomic E-state index is 13.2. The summed E-state index contributed by atoms with van der Waals surface area (Å²) in [5.41, 5.74) is 0.903. The van der Waals surface area contributed by atoms with Gasteiger partial charge >= 0.3 is 0 Å². The van der Waals surface area contributed by atoms with Crippen LogP contribution in [0.15, 0.2) is 46.4 Å². The lowest BCUT2D eigenvalue weighted by atomic mass is 10.1. The minimum Gasteiger partial charge on any atom is -0.470 e. The van der Waals surface area contributed by atoms with Gasteiger partial charge in [0.2, 0.25) is 0 Å². The van der Waals surface area contributed by atoms with Gasteiger partial charge in [0.25, 0.3) is 21.9 Å². The third-order valence-corrected chi connectivity index (χ3v) is 3.29. The normalized spacial score (nSPS) is 16.1. The van der Waals surface area contributed by atoms with Gasteiger partial charge in [-0.25, -0.2) is 9.40 Å². The molecule has 0 saturated heterocycles. The van der Waals surface area contributed by atoms with Crippen molar-refractivity contribution in [2.75, 3.05) is 39.7 Å². The third-order valence-electron chi connectivity index (χ3n) is 3.29. The van der Waals surface area contributed by atoms with Crippen LogP contribution in [-0.4, -0.2) is 62.8 Å². The molecule has 0 radical (unpaired) electrons. The molecule has 3 rings (SSSR count). The zero-order valence-electron chi connectivity index (χ0n) is 15.0. The first-order valence-electron chi connectivity index (χ1n) is 8.06. The van der Waals surface area contributed by atoms with Crippen LogP contribution >= 0.6 is 0 Å². The second-order valence-electron chi connectivity index (χ2n) is 5.62. The van der Waals surface area contributed by atoms with E-state index in [9.17, 15) is 12.8 Å². The van der Waals surface area contributed by atoms with Gasteiger partial charge in [0.05, 0.1) is 19.5 Å². The molecule has 2 N–H and O–H groups in total. The van der Waals surface area contributed by atoms with Gasteiger partial charge in [0.15, 0.2) is 0 Å². The molecule has 0 atom stereocenters. The lowest BCUT2D eigenvalue weighted by Gasteiger charge is -2.37. The summed E-state index contributed by atoms with van der Waals surface area (Å²) in [6.07, 6.45) is 1.35. The number of hydrogen-bond donors (Lipinski definition) is 2. The molecule has 12 heteroatoms. The van der Waals surface area contributed by atoms with Crippen LogP contribution in [0.4, 0.5) is 4.39 Å². The molecule has 2 aliphatic heterocycles. The Labute approximate surface area is 156 Å². The Bertz CT molecular complexity index is 794. The average molecular weight is 403 g/mol. The molecule has 0 spiro atoms. The minimum absolute atomic E-state index is 0.237. The summed E-state index contributed by atoms with van der Waals surface area (Å²) < 4.78 is 50.2. The molecule has 0 aliphatic carbocycles. The monoisotopic (exact) mass is 403 g/mol. The van der Waals surface area contributed by atoms with Crippen LogP contribution in [0.3, 0.4) is 0 Å². The SMILES string of the molecule is CNCN1C2=C(N=NN1CCc1cccc(F)c1)OCCO2.CS(=O)(=O)O. The molecular formula is C15H22FN5O5S. The number of halogens is 1. The average Bonchev–Trinajstić information content (AvgIpc) is 2.60. The molecule has 0 amide bonds. The standard InChI is InChI=1S/C14H18FN5O2.CH4O3S/c1-16-10-19-14-13(21-7-8-22-14)17-18-20(19)6-5-11-3-2-4-12(15)9-11;1-5(2,3)4/h2-4,9,16H,5-8,10H2,1H3;1H3,(H,2,3,4). The Morgan fingerprint density at radius 1 is 1.33 bits per heavy atom. The molecule has 27 heavy (non-hydrogen) atoms. The van der Waals surface area contributed by atoms with E-state index < -0.39 is 10.1 Å². The highest BCUT2D eigenvalue weighted by molar-refractivity contribution is 7.85. The highest BCUT2D eigenvalue weighted by atomic mass is 32.2. The van der Waals surface area contributed by atoms with Gasteiger partial charge < -0.3 is 14.8 Å². The van der Waals surface area contributed by atoms with Gasteiger partial charge in [0, 0.05) is 0 Å². The summed E-state index contributed by atoms with van der Waals surface area (Å²) in [7, 11) is -1.83. The van der Waals surface area contributed by atoms with E-state index in [1.807, 2.05) is 18.1 Å². The first kappa shape index (κ1) is 20.9. The topological polar surface area (TPSA) is 116 Å². The van der Waals surface area contributed by atoms with Crippen molar-refractivity contribution in [1.29, 1.82) is 0 Å². The summed E-state index contributed by atoms with van der Waals surface area (Å²) in [5, 5.41) is 14.7.